The van der Waals surface area contributed by atoms with E-state index >= 15 is 0 Å². The van der Waals surface area contributed by atoms with Crippen molar-refractivity contribution in [3.05, 3.63) is 113 Å². The number of carbonyl (C=O) groups is 9. The summed E-state index contributed by atoms with van der Waals surface area (Å²) < 4.78 is 61.5. The highest BCUT2D eigenvalue weighted by Crippen LogP contribution is 2.59. The lowest BCUT2D eigenvalue weighted by molar-refractivity contribution is -0.148. The number of amides is 9. The van der Waals surface area contributed by atoms with Crippen LogP contribution in [-0.2, 0) is 90.6 Å². The number of hydrogen-bond donors (Lipinski definition) is 9. The third-order valence-corrected chi connectivity index (χ3v) is 18.8. The first-order chi connectivity index (χ1) is 46.3. The molecule has 4 aliphatic rings. The standard InChI is InChI=1S/C60H73N13O21P2S2/c1-31(2)46(67-53(80)39(66-58(83)92-60(4,5)6)13-10-14-43(74)73-44(75)19-20-45(73)76)54(81)64-32(3)51(78)65-36-17-15-33(16-18-36)26-87-59(84)71(7)25-34-11-8-9-12-38(34)52(79)69-57-68-50-47(55(82)70-57)63-30-72(50)56-49-48(77)41(91-56)28-89-95(85,97)93-40-24-37(90-42-21-22-61-29-62-42)23-35(40)27-88-96(86,98)94-49/h8-9,11-12,15-22,29-32,35,37,39-41,46,48-49,56,77H,10,13-14,23-28H2,1-7H3,(H,64,81)(H,65,78)(H,66,83)(H,67,80)(H,85,97)(H,86,98)(H2,68,69,70,79,82)/t32-,35+,37+,39-,40-,41+,46-,48+,49+,56+,95?,96?/m0/s1. The first-order valence-corrected chi connectivity index (χ1v) is 36.0. The Kier molecular flexibility index (Phi) is 23.8. The van der Waals surface area contributed by atoms with Crippen molar-refractivity contribution in [2.75, 3.05) is 30.9 Å². The largest absolute Gasteiger partial charge is 0.474 e. The number of imide groups is 3. The molecule has 9 amide bonds. The summed E-state index contributed by atoms with van der Waals surface area (Å²) in [7, 11) is 1.44. The molecule has 2 bridgehead atoms. The Balaban J connectivity index is 0.771. The molecule has 5 aromatic rings. The van der Waals surface area contributed by atoms with Crippen LogP contribution in [-0.4, -0.2) is 177 Å². The molecule has 3 fully saturated rings. The zero-order valence-electron chi connectivity index (χ0n) is 53.8. The van der Waals surface area contributed by atoms with Crippen LogP contribution in [0.15, 0.2) is 90.4 Å². The number of carbonyl (C=O) groups excluding carboxylic acids is 9. The Morgan fingerprint density at radius 2 is 1.61 bits per heavy atom. The molecule has 2 saturated heterocycles. The fourth-order valence-electron chi connectivity index (χ4n) is 10.7. The van der Waals surface area contributed by atoms with Crippen molar-refractivity contribution in [3.8, 4) is 5.88 Å². The summed E-state index contributed by atoms with van der Waals surface area (Å²) in [4.78, 5) is 163. The minimum absolute atomic E-state index is 0.0557. The van der Waals surface area contributed by atoms with Gasteiger partial charge < -0.3 is 68.7 Å². The topological polar surface area (TPSA) is 441 Å². The van der Waals surface area contributed by atoms with Crippen LogP contribution >= 0.6 is 25.8 Å². The van der Waals surface area contributed by atoms with Gasteiger partial charge in [-0.15, -0.1) is 0 Å². The highest BCUT2D eigenvalue weighted by atomic mass is 32.7. The van der Waals surface area contributed by atoms with E-state index in [9.17, 15) is 62.5 Å². The van der Waals surface area contributed by atoms with Crippen molar-refractivity contribution in [2.45, 2.75) is 147 Å². The Morgan fingerprint density at radius 1 is 0.888 bits per heavy atom. The van der Waals surface area contributed by atoms with Gasteiger partial charge in [0.05, 0.1) is 25.6 Å². The van der Waals surface area contributed by atoms with Crippen LogP contribution < -0.4 is 36.9 Å². The molecular formula is C60H73N13O21P2S2. The number of aliphatic hydroxyl groups is 1. The van der Waals surface area contributed by atoms with Gasteiger partial charge in [0.25, 0.3) is 23.3 Å². The van der Waals surface area contributed by atoms with Crippen molar-refractivity contribution in [3.63, 3.8) is 0 Å². The molecule has 526 valence electrons. The molecule has 8 N–H and O–H groups in total. The molecule has 98 heavy (non-hydrogen) atoms. The predicted octanol–water partition coefficient (Wildman–Crippen LogP) is 4.22. The van der Waals surface area contributed by atoms with Crippen molar-refractivity contribution < 1.29 is 94.8 Å². The maximum Gasteiger partial charge on any atom is 0.410 e. The van der Waals surface area contributed by atoms with Crippen LogP contribution in [0.25, 0.3) is 11.2 Å². The summed E-state index contributed by atoms with van der Waals surface area (Å²) in [5, 5.41) is 24.5. The van der Waals surface area contributed by atoms with Gasteiger partial charge >= 0.3 is 25.7 Å². The van der Waals surface area contributed by atoms with Crippen LogP contribution in [0, 0.1) is 11.8 Å². The number of thiol groups is 1. The van der Waals surface area contributed by atoms with E-state index in [1.165, 1.54) is 54.2 Å². The minimum atomic E-state index is -4.39. The van der Waals surface area contributed by atoms with E-state index in [0.29, 0.717) is 21.7 Å². The number of aromatic nitrogens is 6. The van der Waals surface area contributed by atoms with Crippen LogP contribution in [0.3, 0.4) is 0 Å². The molecule has 3 aromatic heterocycles. The van der Waals surface area contributed by atoms with E-state index in [0.717, 1.165) is 18.5 Å². The van der Waals surface area contributed by atoms with Gasteiger partial charge in [0.15, 0.2) is 17.4 Å². The average molecular weight is 1440 g/mol. The first kappa shape index (κ1) is 73.8. The Morgan fingerprint density at radius 3 is 2.31 bits per heavy atom. The summed E-state index contributed by atoms with van der Waals surface area (Å²) in [6.45, 7) is -0.114. The van der Waals surface area contributed by atoms with E-state index in [-0.39, 0.29) is 80.4 Å². The van der Waals surface area contributed by atoms with E-state index in [1.807, 2.05) is 0 Å². The van der Waals surface area contributed by atoms with Crippen molar-refractivity contribution in [1.82, 2.24) is 55.2 Å². The normalized spacial score (nSPS) is 24.2. The number of hydrogen-bond acceptors (Lipinski definition) is 25. The zero-order valence-corrected chi connectivity index (χ0v) is 57.3. The zero-order chi connectivity index (χ0) is 71.0. The molecule has 38 heteroatoms. The van der Waals surface area contributed by atoms with Crippen LogP contribution in [0.4, 0.5) is 21.2 Å². The lowest BCUT2D eigenvalue weighted by Gasteiger charge is -2.27. The molecule has 0 radical (unpaired) electrons. The fourth-order valence-corrected chi connectivity index (χ4v) is 13.7. The number of anilines is 2. The van der Waals surface area contributed by atoms with Gasteiger partial charge in [-0.1, -0.05) is 56.4 Å². The van der Waals surface area contributed by atoms with E-state index in [4.69, 9.17) is 48.8 Å². The second-order valence-electron chi connectivity index (χ2n) is 24.6. The predicted molar refractivity (Wildman–Crippen MR) is 350 cm³/mol. The highest BCUT2D eigenvalue weighted by molar-refractivity contribution is 8.44. The molecule has 2 aromatic carbocycles. The lowest BCUT2D eigenvalue weighted by atomic mass is 10.0. The summed E-state index contributed by atoms with van der Waals surface area (Å²) in [5.41, 5.74) is -0.949. The SMILES string of the molecule is CC(C)[C@H](NC(=O)[C@H](CCCC(=O)N1C(=O)C=CC1=O)NC(=O)OC(C)(C)C)C(=O)N[C@@H](C)C(=O)Nc1ccc(COC(=O)N(C)Cc2ccccc2C(=O)Nc2nc3c(ncn3[C@@H]3O[C@@H]4COP(O)(=S)O[C@H]5C[C@H](Oc6ccncn6)C[C@@H]5COP(=O)(S)O[C@@H]3[C@@H]4O)c(=O)[nH]2)cc1. The third kappa shape index (κ3) is 19.3. The Labute approximate surface area is 569 Å². The number of aliphatic hydroxyl groups excluding tert-OH is 1. The van der Waals surface area contributed by atoms with Gasteiger partial charge in [-0.05, 0) is 94.0 Å². The minimum Gasteiger partial charge on any atom is -0.474 e. The van der Waals surface area contributed by atoms with Gasteiger partial charge in [0.1, 0.15) is 61.1 Å². The molecule has 2 unspecified atom stereocenters. The number of aromatic amines is 1. The summed E-state index contributed by atoms with van der Waals surface area (Å²) >= 11 is 9.61. The van der Waals surface area contributed by atoms with Gasteiger partial charge in [-0.3, -0.25) is 57.7 Å². The molecule has 12 atom stereocenters. The number of fused-ring (bicyclic) bond motifs is 4. The molecule has 1 aliphatic carbocycles. The van der Waals surface area contributed by atoms with Crippen molar-refractivity contribution in [2.24, 2.45) is 11.8 Å². The van der Waals surface area contributed by atoms with Gasteiger partial charge in [0.2, 0.25) is 35.5 Å². The molecule has 6 heterocycles. The quantitative estimate of drug-likeness (QED) is 0.0282. The average Bonchev–Trinajstić information content (AvgIpc) is 1.60. The third-order valence-electron chi connectivity index (χ3n) is 15.6. The number of alkyl carbamates (subject to hydrolysis) is 1. The molecule has 34 nitrogen and oxygen atoms in total. The number of ether oxygens (including phenoxy) is 4. The Bertz CT molecular complexity index is 4010. The van der Waals surface area contributed by atoms with E-state index < -0.39 is 152 Å². The number of nitrogens with zero attached hydrogens (tertiary/aromatic N) is 7. The van der Waals surface area contributed by atoms with Gasteiger partial charge in [-0.25, -0.2) is 34.0 Å². The molecular weight excluding hydrogens is 1360 g/mol. The maximum atomic E-state index is 14.0. The summed E-state index contributed by atoms with van der Waals surface area (Å²) in [6.07, 6.45) is -3.21. The van der Waals surface area contributed by atoms with Gasteiger partial charge in [-0.2, -0.15) is 4.98 Å². The first-order valence-electron chi connectivity index (χ1n) is 30.7. The van der Waals surface area contributed by atoms with Crippen molar-refractivity contribution in [1.29, 1.82) is 0 Å². The van der Waals surface area contributed by atoms with Crippen LogP contribution in [0.5, 0.6) is 5.88 Å². The Hall–Kier alpha value is -8.41. The molecule has 3 aliphatic heterocycles. The van der Waals surface area contributed by atoms with Crippen molar-refractivity contribution >= 4 is 114 Å². The number of H-pyrrole nitrogens is 1. The van der Waals surface area contributed by atoms with E-state index in [1.54, 1.807) is 71.0 Å². The molecule has 0 spiro atoms. The monoisotopic (exact) mass is 1440 g/mol. The van der Waals surface area contributed by atoms with E-state index in [2.05, 4.69) is 63.8 Å². The summed E-state index contributed by atoms with van der Waals surface area (Å²) in [6, 6.07) is 10.4. The number of rotatable bonds is 21. The second-order valence-corrected chi connectivity index (χ2v) is 30.2. The lowest BCUT2D eigenvalue weighted by Crippen LogP contribution is -2.57. The smallest absolute Gasteiger partial charge is 0.410 e. The summed E-state index contributed by atoms with van der Waals surface area (Å²) in [5.74, 6) is -6.53. The van der Waals surface area contributed by atoms with Gasteiger partial charge in [0, 0.05) is 68.0 Å². The maximum absolute atomic E-state index is 14.0. The van der Waals surface area contributed by atoms with Crippen LogP contribution in [0.1, 0.15) is 101 Å². The fraction of sp³-hybridized carbons (Fsp3) is 0.467. The number of imidazole rings is 1. The number of benzene rings is 2. The molecule has 1 saturated carbocycles. The van der Waals surface area contributed by atoms with Crippen LogP contribution in [0.2, 0.25) is 0 Å². The highest BCUT2D eigenvalue weighted by Gasteiger charge is 2.51. The number of nitrogens with one attached hydrogen (secondary N) is 6. The second kappa shape index (κ2) is 31.6. The molecule has 9 rings (SSSR count).